The van der Waals surface area contributed by atoms with Crippen LogP contribution in [0.1, 0.15) is 0 Å². The zero-order valence-corrected chi connectivity index (χ0v) is 11.3. The smallest absolute Gasteiger partial charge is 0.163 e. The second kappa shape index (κ2) is 7.74. The van der Waals surface area contributed by atoms with Gasteiger partial charge in [-0.2, -0.15) is 0 Å². The minimum Gasteiger partial charge on any atom is -0.383 e. The molecule has 0 aliphatic rings. The maximum Gasteiger partial charge on any atom is 0.163 e. The molecule has 0 radical (unpaired) electrons. The van der Waals surface area contributed by atoms with Gasteiger partial charge in [-0.3, -0.25) is 0 Å². The summed E-state index contributed by atoms with van der Waals surface area (Å²) >= 11 is 0. The third-order valence-electron chi connectivity index (χ3n) is 1.70. The van der Waals surface area contributed by atoms with Crippen LogP contribution in [0.2, 0.25) is 0 Å². The van der Waals surface area contributed by atoms with E-state index in [1.165, 1.54) is 0 Å². The van der Waals surface area contributed by atoms with Crippen molar-refractivity contribution in [1.29, 1.82) is 0 Å². The Balaban J connectivity index is 4.77. The van der Waals surface area contributed by atoms with Gasteiger partial charge in [-0.05, 0) is 30.1 Å². The van der Waals surface area contributed by atoms with E-state index >= 15 is 0 Å². The van der Waals surface area contributed by atoms with Crippen LogP contribution in [0.4, 0.5) is 0 Å². The van der Waals surface area contributed by atoms with Crippen molar-refractivity contribution in [2.45, 2.75) is 0 Å². The van der Waals surface area contributed by atoms with E-state index < -0.39 is 0 Å². The molecular weight excluding hydrogens is 198 g/mol. The van der Waals surface area contributed by atoms with Crippen LogP contribution < -0.4 is 0 Å². The molecule has 0 unspecified atom stereocenters. The fourth-order valence-corrected chi connectivity index (χ4v) is 0.872. The highest BCUT2D eigenvalue weighted by Crippen LogP contribution is 1.99. The SMILES string of the molecule is CN(C)C=CC(C=CN(C)C)=CC=[N+](C)C. The van der Waals surface area contributed by atoms with E-state index in [1.807, 2.05) is 75.3 Å². The number of rotatable bonds is 5. The van der Waals surface area contributed by atoms with Crippen molar-refractivity contribution in [3.05, 3.63) is 36.2 Å². The van der Waals surface area contributed by atoms with Gasteiger partial charge in [0.2, 0.25) is 0 Å². The summed E-state index contributed by atoms with van der Waals surface area (Å²) < 4.78 is 2.02. The first-order valence-corrected chi connectivity index (χ1v) is 5.32. The summed E-state index contributed by atoms with van der Waals surface area (Å²) in [6.45, 7) is 0. The van der Waals surface area contributed by atoms with Gasteiger partial charge in [0.1, 0.15) is 14.1 Å². The van der Waals surface area contributed by atoms with Crippen molar-refractivity contribution >= 4 is 6.21 Å². The fourth-order valence-electron chi connectivity index (χ4n) is 0.872. The average molecular weight is 222 g/mol. The Hall–Kier alpha value is -1.51. The minimum atomic E-state index is 1.16. The van der Waals surface area contributed by atoms with E-state index in [-0.39, 0.29) is 0 Å². The Labute approximate surface area is 99.7 Å². The highest BCUT2D eigenvalue weighted by Gasteiger charge is 1.88. The summed E-state index contributed by atoms with van der Waals surface area (Å²) in [5.74, 6) is 0. The molecule has 0 amide bonds. The van der Waals surface area contributed by atoms with E-state index in [1.54, 1.807) is 0 Å². The topological polar surface area (TPSA) is 9.49 Å². The predicted molar refractivity (Wildman–Crippen MR) is 71.9 cm³/mol. The molecule has 0 spiro atoms. The Morgan fingerprint density at radius 3 is 1.62 bits per heavy atom. The second-order valence-electron chi connectivity index (χ2n) is 4.34. The maximum absolute atomic E-state index is 2.08. The summed E-state index contributed by atoms with van der Waals surface area (Å²) in [5.41, 5.74) is 1.16. The lowest BCUT2D eigenvalue weighted by molar-refractivity contribution is -0.458. The molecule has 0 aromatic carbocycles. The van der Waals surface area contributed by atoms with Crippen LogP contribution in [-0.2, 0) is 0 Å². The molecule has 0 atom stereocenters. The largest absolute Gasteiger partial charge is 0.383 e. The third kappa shape index (κ3) is 9.06. The molecule has 0 heterocycles. The molecule has 3 nitrogen and oxygen atoms in total. The molecule has 0 rings (SSSR count). The van der Waals surface area contributed by atoms with Gasteiger partial charge in [-0.1, -0.05) is 0 Å². The summed E-state index contributed by atoms with van der Waals surface area (Å²) in [6, 6.07) is 0. The van der Waals surface area contributed by atoms with Crippen molar-refractivity contribution in [2.24, 2.45) is 0 Å². The van der Waals surface area contributed by atoms with Gasteiger partial charge in [-0.15, -0.1) is 0 Å². The van der Waals surface area contributed by atoms with Gasteiger partial charge in [0.05, 0.1) is 0 Å². The Morgan fingerprint density at radius 1 is 0.875 bits per heavy atom. The van der Waals surface area contributed by atoms with Crippen LogP contribution in [0.5, 0.6) is 0 Å². The van der Waals surface area contributed by atoms with E-state index in [2.05, 4.69) is 18.2 Å². The van der Waals surface area contributed by atoms with Gasteiger partial charge in [0.25, 0.3) is 0 Å². The zero-order valence-electron chi connectivity index (χ0n) is 11.3. The highest BCUT2D eigenvalue weighted by atomic mass is 15.0. The van der Waals surface area contributed by atoms with Crippen LogP contribution >= 0.6 is 0 Å². The minimum absolute atomic E-state index is 1.16. The van der Waals surface area contributed by atoms with E-state index in [9.17, 15) is 0 Å². The first kappa shape index (κ1) is 14.5. The molecule has 0 N–H and O–H groups in total. The number of nitrogens with zero attached hydrogens (tertiary/aromatic N) is 3. The number of allylic oxidation sites excluding steroid dienone is 4. The van der Waals surface area contributed by atoms with E-state index in [0.717, 1.165) is 5.57 Å². The molecule has 0 saturated heterocycles. The Morgan fingerprint density at radius 2 is 1.31 bits per heavy atom. The summed E-state index contributed by atoms with van der Waals surface area (Å²) in [6.07, 6.45) is 12.4. The molecule has 0 aromatic rings. The van der Waals surface area contributed by atoms with Crippen LogP contribution in [0, 0.1) is 0 Å². The van der Waals surface area contributed by atoms with Crippen molar-refractivity contribution in [3.8, 4) is 0 Å². The predicted octanol–water partition coefficient (Wildman–Crippen LogP) is 1.41. The van der Waals surface area contributed by atoms with Crippen LogP contribution in [0.3, 0.4) is 0 Å². The molecule has 3 heteroatoms. The van der Waals surface area contributed by atoms with Crippen LogP contribution in [0.25, 0.3) is 0 Å². The molecule has 90 valence electrons. The lowest BCUT2D eigenvalue weighted by Crippen LogP contribution is -2.02. The highest BCUT2D eigenvalue weighted by molar-refractivity contribution is 5.69. The van der Waals surface area contributed by atoms with Crippen molar-refractivity contribution in [1.82, 2.24) is 9.80 Å². The zero-order chi connectivity index (χ0) is 12.6. The molecular formula is C13H24N3+. The van der Waals surface area contributed by atoms with Gasteiger partial charge < -0.3 is 9.80 Å². The number of hydrogen-bond acceptors (Lipinski definition) is 2. The third-order valence-corrected chi connectivity index (χ3v) is 1.70. The Bertz CT molecular complexity index is 283. The fraction of sp³-hybridized carbons (Fsp3) is 0.462. The quantitative estimate of drug-likeness (QED) is 0.395. The van der Waals surface area contributed by atoms with Gasteiger partial charge in [-0.25, -0.2) is 4.58 Å². The van der Waals surface area contributed by atoms with Gasteiger partial charge >= 0.3 is 0 Å². The standard InChI is InChI=1S/C13H24N3/c1-14(2)10-7-13(8-11-15(3)4)9-12-16(5)6/h7-12H,1-6H3/q+1. The molecule has 0 aliphatic carbocycles. The lowest BCUT2D eigenvalue weighted by atomic mass is 10.2. The van der Waals surface area contributed by atoms with Crippen molar-refractivity contribution < 1.29 is 4.58 Å². The lowest BCUT2D eigenvalue weighted by Gasteiger charge is -2.05. The van der Waals surface area contributed by atoms with Gasteiger partial charge in [0, 0.05) is 34.3 Å². The normalized spacial score (nSPS) is 10.6. The summed E-state index contributed by atoms with van der Waals surface area (Å²) in [5, 5.41) is 0. The Kier molecular flexibility index (Phi) is 7.01. The van der Waals surface area contributed by atoms with Crippen molar-refractivity contribution in [2.75, 3.05) is 42.3 Å². The molecule has 0 aromatic heterocycles. The maximum atomic E-state index is 2.08. The van der Waals surface area contributed by atoms with Gasteiger partial charge in [0.15, 0.2) is 6.21 Å². The van der Waals surface area contributed by atoms with E-state index in [4.69, 9.17) is 0 Å². The summed E-state index contributed by atoms with van der Waals surface area (Å²) in [4.78, 5) is 4.04. The molecule has 0 fully saturated rings. The molecule has 0 saturated carbocycles. The molecule has 0 bridgehead atoms. The van der Waals surface area contributed by atoms with Crippen molar-refractivity contribution in [3.63, 3.8) is 0 Å². The summed E-state index contributed by atoms with van der Waals surface area (Å²) in [7, 11) is 12.1. The molecule has 0 aliphatic heterocycles. The molecule has 16 heavy (non-hydrogen) atoms. The average Bonchev–Trinajstić information content (AvgIpc) is 2.15. The monoisotopic (exact) mass is 222 g/mol. The first-order chi connectivity index (χ1) is 7.41. The second-order valence-corrected chi connectivity index (χ2v) is 4.34. The van der Waals surface area contributed by atoms with Crippen LogP contribution in [0.15, 0.2) is 36.2 Å². The number of hydrogen-bond donors (Lipinski definition) is 0. The van der Waals surface area contributed by atoms with E-state index in [0.29, 0.717) is 0 Å². The van der Waals surface area contributed by atoms with Crippen LogP contribution in [-0.4, -0.2) is 62.9 Å². The first-order valence-electron chi connectivity index (χ1n) is 5.32.